The Bertz CT molecular complexity index is 894. The third kappa shape index (κ3) is 1.43. The normalized spacial score (nSPS) is 43.8. The molecule has 0 unspecified atom stereocenters. The van der Waals surface area contributed by atoms with E-state index in [2.05, 4.69) is 18.7 Å². The van der Waals surface area contributed by atoms with Gasteiger partial charge < -0.3 is 9.84 Å². The minimum absolute atomic E-state index is 0.0582. The first kappa shape index (κ1) is 15.2. The van der Waals surface area contributed by atoms with Crippen LogP contribution in [-0.4, -0.2) is 47.0 Å². The third-order valence-electron chi connectivity index (χ3n) is 8.24. The molecule has 0 aromatic rings. The summed E-state index contributed by atoms with van der Waals surface area (Å²) >= 11 is 0. The van der Waals surface area contributed by atoms with E-state index in [1.165, 1.54) is 0 Å². The van der Waals surface area contributed by atoms with E-state index in [1.807, 2.05) is 0 Å². The van der Waals surface area contributed by atoms with E-state index >= 15 is 0 Å². The van der Waals surface area contributed by atoms with Crippen LogP contribution in [0.2, 0.25) is 0 Å². The van der Waals surface area contributed by atoms with E-state index in [4.69, 9.17) is 4.74 Å². The summed E-state index contributed by atoms with van der Waals surface area (Å²) in [6.07, 6.45) is 3.03. The fourth-order valence-electron chi connectivity index (χ4n) is 6.97. The number of hydrogen-bond donors (Lipinski definition) is 1. The number of ether oxygens (including phenoxy) is 1. The molecular weight excluding hydrogens is 330 g/mol. The summed E-state index contributed by atoms with van der Waals surface area (Å²) in [5, 5.41) is 10.9. The van der Waals surface area contributed by atoms with Crippen LogP contribution in [0.15, 0.2) is 33.6 Å². The molecule has 26 heavy (non-hydrogen) atoms. The number of nitrogens with zero attached hydrogens (tertiary/aromatic N) is 1. The molecule has 0 amide bonds. The zero-order chi connectivity index (χ0) is 18.0. The average Bonchev–Trinajstić information content (AvgIpc) is 3.18. The maximum absolute atomic E-state index is 13.6. The summed E-state index contributed by atoms with van der Waals surface area (Å²) in [7, 11) is 0. The average molecular weight is 353 g/mol. The predicted octanol–water partition coefficient (Wildman–Crippen LogP) is 2.44. The van der Waals surface area contributed by atoms with Crippen molar-refractivity contribution in [1.82, 2.24) is 4.90 Å². The summed E-state index contributed by atoms with van der Waals surface area (Å²) < 4.78 is 5.32. The summed E-state index contributed by atoms with van der Waals surface area (Å²) in [6, 6.07) is 0.540. The number of allylic oxidation sites excluding steroid dienone is 2. The Morgan fingerprint density at radius 1 is 1.19 bits per heavy atom. The minimum atomic E-state index is -0.379. The number of esters is 1. The predicted molar refractivity (Wildman–Crippen MR) is 93.2 cm³/mol. The molecule has 136 valence electrons. The standard InChI is InChI=1S/C21H23NO4/c1-9-12-7-14-21(2)10(8-22(9)14)3-4-13(23)15-11-5-6-26-20(25)16(11)17(18(15)21)19(12)24/h9-10,12,14,23H,3-8H2,1-2H3/t9-,10+,12+,14+,21+/m0/s1. The molecule has 5 atom stereocenters. The lowest BCUT2D eigenvalue weighted by molar-refractivity contribution is -0.140. The molecule has 0 aromatic carbocycles. The Morgan fingerprint density at radius 3 is 2.81 bits per heavy atom. The van der Waals surface area contributed by atoms with Gasteiger partial charge in [-0.05, 0) is 36.8 Å². The summed E-state index contributed by atoms with van der Waals surface area (Å²) in [4.78, 5) is 28.8. The van der Waals surface area contributed by atoms with E-state index in [-0.39, 0.29) is 29.1 Å². The molecule has 6 aliphatic rings. The second kappa shape index (κ2) is 4.50. The van der Waals surface area contributed by atoms with Crippen LogP contribution in [0.25, 0.3) is 0 Å². The van der Waals surface area contributed by atoms with Crippen LogP contribution in [0.3, 0.4) is 0 Å². The highest BCUT2D eigenvalue weighted by Crippen LogP contribution is 2.65. The SMILES string of the molecule is C[C@H]1[C@H]2C[C@H]3N1C[C@H]1CCC(O)=C4C5=C(C(=O)OCC5)C(=C4[C@]13C)C2=O. The molecule has 0 saturated carbocycles. The van der Waals surface area contributed by atoms with E-state index in [0.29, 0.717) is 48.3 Å². The van der Waals surface area contributed by atoms with Crippen molar-refractivity contribution in [3.05, 3.63) is 33.6 Å². The lowest BCUT2D eigenvalue weighted by Gasteiger charge is -2.37. The summed E-state index contributed by atoms with van der Waals surface area (Å²) in [6.45, 7) is 5.77. The van der Waals surface area contributed by atoms with Crippen LogP contribution in [0.4, 0.5) is 0 Å². The number of cyclic esters (lactones) is 1. The largest absolute Gasteiger partial charge is 0.512 e. The highest BCUT2D eigenvalue weighted by molar-refractivity contribution is 6.16. The van der Waals surface area contributed by atoms with Crippen LogP contribution in [-0.2, 0) is 14.3 Å². The van der Waals surface area contributed by atoms with Gasteiger partial charge in [0.05, 0.1) is 12.2 Å². The molecule has 0 aromatic heterocycles. The first-order valence-corrected chi connectivity index (χ1v) is 9.82. The number of ketones is 1. The Kier molecular flexibility index (Phi) is 2.63. The number of carbonyl (C=O) groups is 2. The Labute approximate surface area is 152 Å². The fraction of sp³-hybridized carbons (Fsp3) is 0.619. The van der Waals surface area contributed by atoms with E-state index in [9.17, 15) is 14.7 Å². The van der Waals surface area contributed by atoms with E-state index in [0.717, 1.165) is 36.1 Å². The first-order valence-electron chi connectivity index (χ1n) is 9.82. The molecule has 0 spiro atoms. The van der Waals surface area contributed by atoms with Crippen LogP contribution in [0.5, 0.6) is 0 Å². The molecule has 3 aliphatic carbocycles. The molecular formula is C21H23NO4. The van der Waals surface area contributed by atoms with Gasteiger partial charge in [-0.25, -0.2) is 4.79 Å². The monoisotopic (exact) mass is 353 g/mol. The van der Waals surface area contributed by atoms with E-state index < -0.39 is 0 Å². The maximum atomic E-state index is 13.6. The lowest BCUT2D eigenvalue weighted by atomic mass is 9.66. The fourth-order valence-corrected chi connectivity index (χ4v) is 6.97. The van der Waals surface area contributed by atoms with Crippen molar-refractivity contribution in [2.75, 3.05) is 13.2 Å². The van der Waals surface area contributed by atoms with Crippen molar-refractivity contribution in [2.24, 2.45) is 17.3 Å². The smallest absolute Gasteiger partial charge is 0.339 e. The summed E-state index contributed by atoms with van der Waals surface area (Å²) in [5.41, 5.74) is 3.56. The number of rotatable bonds is 0. The van der Waals surface area contributed by atoms with Gasteiger partial charge in [-0.3, -0.25) is 9.69 Å². The second-order valence-electron chi connectivity index (χ2n) is 8.99. The van der Waals surface area contributed by atoms with Crippen molar-refractivity contribution >= 4 is 11.8 Å². The van der Waals surface area contributed by atoms with Gasteiger partial charge in [0.25, 0.3) is 0 Å². The minimum Gasteiger partial charge on any atom is -0.512 e. The summed E-state index contributed by atoms with van der Waals surface area (Å²) in [5.74, 6) is 0.440. The number of Topliss-reactive ketones (excluding diaryl/α,β-unsaturated/α-hetero) is 1. The van der Waals surface area contributed by atoms with Gasteiger partial charge in [0.15, 0.2) is 5.78 Å². The van der Waals surface area contributed by atoms with Gasteiger partial charge in [0, 0.05) is 53.9 Å². The molecule has 2 fully saturated rings. The molecule has 5 nitrogen and oxygen atoms in total. The quantitative estimate of drug-likeness (QED) is 0.678. The van der Waals surface area contributed by atoms with Crippen molar-refractivity contribution in [3.8, 4) is 0 Å². The van der Waals surface area contributed by atoms with Crippen molar-refractivity contribution < 1.29 is 19.4 Å². The van der Waals surface area contributed by atoms with Gasteiger partial charge in [-0.1, -0.05) is 6.92 Å². The highest BCUT2D eigenvalue weighted by Gasteiger charge is 2.65. The molecule has 6 rings (SSSR count). The first-order chi connectivity index (χ1) is 12.4. The topological polar surface area (TPSA) is 66.8 Å². The Morgan fingerprint density at radius 2 is 2.00 bits per heavy atom. The number of fused-ring (bicyclic) bond motifs is 3. The van der Waals surface area contributed by atoms with Gasteiger partial charge in [0.1, 0.15) is 5.76 Å². The van der Waals surface area contributed by atoms with Gasteiger partial charge in [0.2, 0.25) is 0 Å². The highest BCUT2D eigenvalue weighted by atomic mass is 16.5. The van der Waals surface area contributed by atoms with Crippen LogP contribution in [0.1, 0.15) is 39.5 Å². The molecule has 1 N–H and O–H groups in total. The lowest BCUT2D eigenvalue weighted by Crippen LogP contribution is -2.40. The van der Waals surface area contributed by atoms with Crippen LogP contribution in [0, 0.1) is 17.3 Å². The zero-order valence-electron chi connectivity index (χ0n) is 15.2. The number of carbonyl (C=O) groups excluding carboxylic acids is 2. The zero-order valence-corrected chi connectivity index (χ0v) is 15.2. The van der Waals surface area contributed by atoms with Gasteiger partial charge >= 0.3 is 5.97 Å². The second-order valence-corrected chi connectivity index (χ2v) is 8.99. The van der Waals surface area contributed by atoms with Crippen molar-refractivity contribution in [3.63, 3.8) is 0 Å². The maximum Gasteiger partial charge on any atom is 0.339 e. The van der Waals surface area contributed by atoms with Gasteiger partial charge in [-0.2, -0.15) is 0 Å². The van der Waals surface area contributed by atoms with E-state index in [1.54, 1.807) is 0 Å². The van der Waals surface area contributed by atoms with Gasteiger partial charge in [-0.15, -0.1) is 0 Å². The molecule has 3 aliphatic heterocycles. The number of aliphatic hydroxyl groups excluding tert-OH is 1. The molecule has 0 radical (unpaired) electrons. The molecule has 2 bridgehead atoms. The van der Waals surface area contributed by atoms with Crippen molar-refractivity contribution in [2.45, 2.75) is 51.6 Å². The molecule has 5 heteroatoms. The van der Waals surface area contributed by atoms with Crippen LogP contribution >= 0.6 is 0 Å². The van der Waals surface area contributed by atoms with Crippen molar-refractivity contribution in [1.29, 1.82) is 0 Å². The van der Waals surface area contributed by atoms with Crippen LogP contribution < -0.4 is 0 Å². The molecule has 2 saturated heterocycles. The number of aliphatic hydroxyl groups is 1. The third-order valence-corrected chi connectivity index (χ3v) is 8.24. The Hall–Kier alpha value is -1.88. The number of hydrogen-bond acceptors (Lipinski definition) is 5. The Balaban J connectivity index is 1.73. The molecule has 3 heterocycles.